The molecule has 7 heteroatoms. The lowest BCUT2D eigenvalue weighted by atomic mass is 10.2. The topological polar surface area (TPSA) is 51.3 Å². The van der Waals surface area contributed by atoms with Gasteiger partial charge in [0.25, 0.3) is 5.91 Å². The summed E-state index contributed by atoms with van der Waals surface area (Å²) in [6.07, 6.45) is 1.62. The highest BCUT2D eigenvalue weighted by molar-refractivity contribution is 7.20. The van der Waals surface area contributed by atoms with E-state index in [1.807, 2.05) is 61.0 Å². The van der Waals surface area contributed by atoms with Gasteiger partial charge < -0.3 is 9.32 Å². The fourth-order valence-electron chi connectivity index (χ4n) is 2.98. The summed E-state index contributed by atoms with van der Waals surface area (Å²) in [5.74, 6) is 0.720. The van der Waals surface area contributed by atoms with Gasteiger partial charge in [-0.05, 0) is 56.3 Å². The van der Waals surface area contributed by atoms with Crippen LogP contribution in [0.5, 0.6) is 0 Å². The van der Waals surface area contributed by atoms with Crippen LogP contribution in [0, 0.1) is 6.92 Å². The Hall–Kier alpha value is -2.57. The fourth-order valence-corrected chi connectivity index (χ4v) is 4.27. The van der Waals surface area contributed by atoms with E-state index in [-0.39, 0.29) is 11.9 Å². The summed E-state index contributed by atoms with van der Waals surface area (Å²) >= 11 is 7.43. The number of fused-ring (bicyclic) bond motifs is 1. The maximum Gasteiger partial charge on any atom is 0.264 e. The van der Waals surface area contributed by atoms with Crippen molar-refractivity contribution < 1.29 is 9.21 Å². The van der Waals surface area contributed by atoms with Crippen LogP contribution < -0.4 is 0 Å². The molecule has 4 aromatic rings. The molecule has 0 saturated heterocycles. The van der Waals surface area contributed by atoms with Gasteiger partial charge in [-0.3, -0.25) is 4.79 Å². The highest BCUT2D eigenvalue weighted by atomic mass is 35.5. The van der Waals surface area contributed by atoms with Crippen LogP contribution in [-0.4, -0.2) is 27.6 Å². The van der Waals surface area contributed by atoms with E-state index in [9.17, 15) is 4.79 Å². The van der Waals surface area contributed by atoms with E-state index in [4.69, 9.17) is 16.0 Å². The Kier molecular flexibility index (Phi) is 4.53. The number of hydrogen-bond acceptors (Lipinski definition) is 4. The summed E-state index contributed by atoms with van der Waals surface area (Å²) in [6.45, 7) is 3.90. The number of thiophene rings is 1. The highest BCUT2D eigenvalue weighted by Gasteiger charge is 2.24. The number of halogens is 1. The molecular weight excluding hydrogens is 382 g/mol. The minimum atomic E-state index is -0.147. The zero-order chi connectivity index (χ0) is 19.1. The fraction of sp³-hybridized carbons (Fsp3) is 0.200. The van der Waals surface area contributed by atoms with E-state index in [0.29, 0.717) is 9.90 Å². The Morgan fingerprint density at radius 3 is 2.70 bits per heavy atom. The van der Waals surface area contributed by atoms with Crippen LogP contribution in [0.15, 0.2) is 53.1 Å². The molecule has 0 spiro atoms. The second-order valence-electron chi connectivity index (χ2n) is 6.41. The zero-order valence-corrected chi connectivity index (χ0v) is 16.7. The lowest BCUT2D eigenvalue weighted by Crippen LogP contribution is -2.28. The van der Waals surface area contributed by atoms with Crippen LogP contribution in [0.4, 0.5) is 0 Å². The van der Waals surface area contributed by atoms with E-state index in [2.05, 4.69) is 5.10 Å². The Labute approximate surface area is 165 Å². The van der Waals surface area contributed by atoms with Crippen molar-refractivity contribution in [1.29, 1.82) is 0 Å². The van der Waals surface area contributed by atoms with Crippen LogP contribution in [0.2, 0.25) is 5.02 Å². The molecule has 0 bridgehead atoms. The third-order valence-corrected chi connectivity index (χ3v) is 6.03. The smallest absolute Gasteiger partial charge is 0.264 e. The highest BCUT2D eigenvalue weighted by Crippen LogP contribution is 2.32. The molecule has 5 nitrogen and oxygen atoms in total. The number of benzene rings is 1. The molecule has 1 aromatic carbocycles. The van der Waals surface area contributed by atoms with Gasteiger partial charge in [0, 0.05) is 17.5 Å². The molecule has 138 valence electrons. The van der Waals surface area contributed by atoms with Crippen molar-refractivity contribution in [3.05, 3.63) is 70.1 Å². The minimum absolute atomic E-state index is 0.0397. The maximum atomic E-state index is 13.0. The van der Waals surface area contributed by atoms with Gasteiger partial charge >= 0.3 is 0 Å². The van der Waals surface area contributed by atoms with Crippen molar-refractivity contribution in [2.24, 2.45) is 0 Å². The van der Waals surface area contributed by atoms with Gasteiger partial charge in [-0.2, -0.15) is 5.10 Å². The number of rotatable bonds is 4. The summed E-state index contributed by atoms with van der Waals surface area (Å²) < 4.78 is 7.30. The third-order valence-electron chi connectivity index (χ3n) is 4.68. The van der Waals surface area contributed by atoms with Gasteiger partial charge in [0.2, 0.25) is 0 Å². The summed E-state index contributed by atoms with van der Waals surface area (Å²) in [5, 5.41) is 6.27. The van der Waals surface area contributed by atoms with Gasteiger partial charge in [-0.25, -0.2) is 4.68 Å². The molecule has 0 aliphatic heterocycles. The summed E-state index contributed by atoms with van der Waals surface area (Å²) in [5.41, 5.74) is 1.80. The molecule has 0 radical (unpaired) electrons. The SMILES string of the molecule is Cc1nn(-c2ccc(Cl)cc2)c2sc(C(=O)N(C)C(C)c3ccco3)cc12. The van der Waals surface area contributed by atoms with Gasteiger partial charge in [-0.15, -0.1) is 11.3 Å². The van der Waals surface area contributed by atoms with Crippen LogP contribution >= 0.6 is 22.9 Å². The average Bonchev–Trinajstić information content (AvgIpc) is 3.39. The van der Waals surface area contributed by atoms with E-state index in [1.165, 1.54) is 11.3 Å². The van der Waals surface area contributed by atoms with Gasteiger partial charge in [0.1, 0.15) is 10.6 Å². The minimum Gasteiger partial charge on any atom is -0.467 e. The maximum absolute atomic E-state index is 13.0. The molecule has 3 aromatic heterocycles. The first-order valence-corrected chi connectivity index (χ1v) is 9.71. The van der Waals surface area contributed by atoms with Crippen molar-refractivity contribution in [1.82, 2.24) is 14.7 Å². The lowest BCUT2D eigenvalue weighted by molar-refractivity contribution is 0.0731. The van der Waals surface area contributed by atoms with Crippen molar-refractivity contribution in [2.45, 2.75) is 19.9 Å². The molecule has 0 aliphatic rings. The summed E-state index contributed by atoms with van der Waals surface area (Å²) in [4.78, 5) is 16.3. The zero-order valence-electron chi connectivity index (χ0n) is 15.1. The molecule has 1 atom stereocenters. The molecule has 1 amide bonds. The van der Waals surface area contributed by atoms with Crippen LogP contribution in [0.1, 0.15) is 34.1 Å². The Morgan fingerprint density at radius 1 is 1.30 bits per heavy atom. The molecule has 3 heterocycles. The number of carbonyl (C=O) groups is 1. The van der Waals surface area contributed by atoms with Crippen molar-refractivity contribution in [2.75, 3.05) is 7.05 Å². The number of carbonyl (C=O) groups excluding carboxylic acids is 1. The molecule has 0 aliphatic carbocycles. The Bertz CT molecular complexity index is 1100. The summed E-state index contributed by atoms with van der Waals surface area (Å²) in [7, 11) is 1.79. The van der Waals surface area contributed by atoms with Crippen LogP contribution in [0.3, 0.4) is 0 Å². The first-order chi connectivity index (χ1) is 13.0. The number of aryl methyl sites for hydroxylation is 1. The molecule has 27 heavy (non-hydrogen) atoms. The molecular formula is C20H18ClN3O2S. The van der Waals surface area contributed by atoms with E-state index >= 15 is 0 Å². The number of furan rings is 1. The second-order valence-corrected chi connectivity index (χ2v) is 7.88. The molecule has 4 rings (SSSR count). The average molecular weight is 400 g/mol. The quantitative estimate of drug-likeness (QED) is 0.457. The Balaban J connectivity index is 1.70. The molecule has 0 saturated carbocycles. The third kappa shape index (κ3) is 3.15. The Morgan fingerprint density at radius 2 is 2.04 bits per heavy atom. The van der Waals surface area contributed by atoms with Gasteiger partial charge in [-0.1, -0.05) is 11.6 Å². The number of hydrogen-bond donors (Lipinski definition) is 0. The van der Waals surface area contributed by atoms with E-state index in [0.717, 1.165) is 27.4 Å². The lowest BCUT2D eigenvalue weighted by Gasteiger charge is -2.22. The standard InChI is InChI=1S/C20H18ClN3O2S/c1-12-16-11-18(19(25)23(3)13(2)17-5-4-10-26-17)27-20(16)24(22-12)15-8-6-14(21)7-9-15/h4-11,13H,1-3H3. The largest absolute Gasteiger partial charge is 0.467 e. The first kappa shape index (κ1) is 17.8. The normalized spacial score (nSPS) is 12.4. The van der Waals surface area contributed by atoms with Crippen molar-refractivity contribution in [3.8, 4) is 5.69 Å². The van der Waals surface area contributed by atoms with Gasteiger partial charge in [0.15, 0.2) is 0 Å². The molecule has 0 fully saturated rings. The molecule has 0 N–H and O–H groups in total. The van der Waals surface area contributed by atoms with Crippen LogP contribution in [-0.2, 0) is 0 Å². The number of nitrogens with zero attached hydrogens (tertiary/aromatic N) is 3. The van der Waals surface area contributed by atoms with Crippen LogP contribution in [0.25, 0.3) is 15.9 Å². The first-order valence-electron chi connectivity index (χ1n) is 8.51. The molecule has 1 unspecified atom stereocenters. The number of aromatic nitrogens is 2. The van der Waals surface area contributed by atoms with Gasteiger partial charge in [0.05, 0.1) is 28.6 Å². The van der Waals surface area contributed by atoms with E-state index < -0.39 is 0 Å². The monoisotopic (exact) mass is 399 g/mol. The van der Waals surface area contributed by atoms with E-state index in [1.54, 1.807) is 18.2 Å². The number of amides is 1. The van der Waals surface area contributed by atoms with Crippen molar-refractivity contribution in [3.63, 3.8) is 0 Å². The predicted molar refractivity (Wildman–Crippen MR) is 108 cm³/mol. The summed E-state index contributed by atoms with van der Waals surface area (Å²) in [6, 6.07) is 13.0. The second kappa shape index (κ2) is 6.87. The predicted octanol–water partition coefficient (Wildman–Crippen LogP) is 5.48. The van der Waals surface area contributed by atoms with Crippen molar-refractivity contribution >= 4 is 39.1 Å².